The molecular formula is C12H16BrN5. The maximum Gasteiger partial charge on any atom is 0.246 e. The number of piperazine rings is 1. The van der Waals surface area contributed by atoms with Gasteiger partial charge in [0, 0.05) is 35.8 Å². The molecule has 1 fully saturated rings. The molecule has 1 saturated heterocycles. The summed E-state index contributed by atoms with van der Waals surface area (Å²) in [6, 6.07) is 4.84. The first-order valence-corrected chi connectivity index (χ1v) is 6.95. The number of hydrogen-bond acceptors (Lipinski definition) is 4. The molecule has 0 aromatic carbocycles. The number of nitrogens with zero attached hydrogens (tertiary/aromatic N) is 4. The number of nitrogens with one attached hydrogen (secondary N) is 1. The molecule has 0 bridgehead atoms. The van der Waals surface area contributed by atoms with E-state index >= 15 is 0 Å². The Morgan fingerprint density at radius 3 is 3.06 bits per heavy atom. The van der Waals surface area contributed by atoms with Crippen molar-refractivity contribution in [1.82, 2.24) is 19.9 Å². The van der Waals surface area contributed by atoms with Gasteiger partial charge < -0.3 is 10.2 Å². The molecular weight excluding hydrogens is 294 g/mol. The first-order valence-electron chi connectivity index (χ1n) is 6.15. The van der Waals surface area contributed by atoms with Crippen LogP contribution in [0.5, 0.6) is 0 Å². The molecule has 5 nitrogen and oxygen atoms in total. The minimum Gasteiger partial charge on any atom is -0.334 e. The van der Waals surface area contributed by atoms with Crippen molar-refractivity contribution in [3.8, 4) is 0 Å². The lowest BCUT2D eigenvalue weighted by Gasteiger charge is -2.36. The lowest BCUT2D eigenvalue weighted by Crippen LogP contribution is -2.54. The Kier molecular flexibility index (Phi) is 2.99. The van der Waals surface area contributed by atoms with Gasteiger partial charge in [-0.25, -0.2) is 4.52 Å². The van der Waals surface area contributed by atoms with Gasteiger partial charge in [0.1, 0.15) is 0 Å². The zero-order valence-electron chi connectivity index (χ0n) is 10.5. The third-order valence-corrected chi connectivity index (χ3v) is 3.77. The van der Waals surface area contributed by atoms with Crippen LogP contribution in [0.15, 0.2) is 22.8 Å². The van der Waals surface area contributed by atoms with Gasteiger partial charge in [-0.1, -0.05) is 0 Å². The SMILES string of the molecule is CC1CN(c2nc3ccc(Br)cn3n2)C(C)CN1. The van der Waals surface area contributed by atoms with Crippen LogP contribution in [-0.2, 0) is 0 Å². The van der Waals surface area contributed by atoms with E-state index in [1.807, 2.05) is 22.8 Å². The van der Waals surface area contributed by atoms with Crippen molar-refractivity contribution in [2.75, 3.05) is 18.0 Å². The van der Waals surface area contributed by atoms with Crippen LogP contribution >= 0.6 is 15.9 Å². The van der Waals surface area contributed by atoms with Crippen molar-refractivity contribution in [3.63, 3.8) is 0 Å². The normalized spacial score (nSPS) is 24.7. The van der Waals surface area contributed by atoms with E-state index in [0.717, 1.165) is 29.2 Å². The van der Waals surface area contributed by atoms with Gasteiger partial charge in [-0.2, -0.15) is 4.98 Å². The molecule has 2 aromatic heterocycles. The molecule has 0 radical (unpaired) electrons. The first-order chi connectivity index (χ1) is 8.63. The Labute approximate surface area is 114 Å². The fourth-order valence-electron chi connectivity index (χ4n) is 2.27. The van der Waals surface area contributed by atoms with E-state index in [1.54, 1.807) is 0 Å². The molecule has 1 aliphatic rings. The zero-order chi connectivity index (χ0) is 12.7. The second-order valence-corrected chi connectivity index (χ2v) is 5.79. The summed E-state index contributed by atoms with van der Waals surface area (Å²) >= 11 is 3.45. The monoisotopic (exact) mass is 309 g/mol. The summed E-state index contributed by atoms with van der Waals surface area (Å²) in [4.78, 5) is 6.86. The van der Waals surface area contributed by atoms with Crippen molar-refractivity contribution >= 4 is 27.5 Å². The molecule has 0 aliphatic carbocycles. The maximum atomic E-state index is 4.59. The third kappa shape index (κ3) is 2.10. The van der Waals surface area contributed by atoms with Crippen molar-refractivity contribution in [2.24, 2.45) is 0 Å². The fourth-order valence-corrected chi connectivity index (χ4v) is 2.59. The summed E-state index contributed by atoms with van der Waals surface area (Å²) in [5.41, 5.74) is 0.881. The van der Waals surface area contributed by atoms with E-state index in [-0.39, 0.29) is 0 Å². The van der Waals surface area contributed by atoms with Crippen LogP contribution in [-0.4, -0.2) is 39.8 Å². The highest BCUT2D eigenvalue weighted by Crippen LogP contribution is 2.18. The smallest absolute Gasteiger partial charge is 0.246 e. The van der Waals surface area contributed by atoms with Crippen molar-refractivity contribution in [2.45, 2.75) is 25.9 Å². The molecule has 6 heteroatoms. The van der Waals surface area contributed by atoms with Crippen LogP contribution in [0, 0.1) is 0 Å². The Morgan fingerprint density at radius 1 is 1.39 bits per heavy atom. The number of fused-ring (bicyclic) bond motifs is 1. The first kappa shape index (κ1) is 11.9. The quantitative estimate of drug-likeness (QED) is 0.870. The number of hydrogen-bond donors (Lipinski definition) is 1. The van der Waals surface area contributed by atoms with Crippen molar-refractivity contribution in [3.05, 3.63) is 22.8 Å². The Hall–Kier alpha value is -1.14. The summed E-state index contributed by atoms with van der Waals surface area (Å²) in [6.07, 6.45) is 1.93. The van der Waals surface area contributed by atoms with Crippen LogP contribution in [0.1, 0.15) is 13.8 Å². The van der Waals surface area contributed by atoms with Gasteiger partial charge in [-0.3, -0.25) is 0 Å². The van der Waals surface area contributed by atoms with E-state index in [4.69, 9.17) is 0 Å². The molecule has 0 amide bonds. The molecule has 1 aliphatic heterocycles. The molecule has 2 aromatic rings. The van der Waals surface area contributed by atoms with E-state index in [0.29, 0.717) is 12.1 Å². The molecule has 1 N–H and O–H groups in total. The highest BCUT2D eigenvalue weighted by molar-refractivity contribution is 9.10. The predicted molar refractivity (Wildman–Crippen MR) is 75.0 cm³/mol. The Morgan fingerprint density at radius 2 is 2.22 bits per heavy atom. The maximum absolute atomic E-state index is 4.59. The van der Waals surface area contributed by atoms with Gasteiger partial charge in [-0.15, -0.1) is 5.10 Å². The fraction of sp³-hybridized carbons (Fsp3) is 0.500. The summed E-state index contributed by atoms with van der Waals surface area (Å²) < 4.78 is 2.83. The molecule has 0 saturated carbocycles. The van der Waals surface area contributed by atoms with Gasteiger partial charge >= 0.3 is 0 Å². The molecule has 96 valence electrons. The van der Waals surface area contributed by atoms with Gasteiger partial charge in [0.2, 0.25) is 5.95 Å². The van der Waals surface area contributed by atoms with Crippen LogP contribution in [0.2, 0.25) is 0 Å². The minimum atomic E-state index is 0.419. The summed E-state index contributed by atoms with van der Waals surface area (Å²) in [7, 11) is 0. The van der Waals surface area contributed by atoms with Crippen LogP contribution in [0.3, 0.4) is 0 Å². The average molecular weight is 310 g/mol. The van der Waals surface area contributed by atoms with E-state index in [1.165, 1.54) is 0 Å². The molecule has 2 atom stereocenters. The van der Waals surface area contributed by atoms with Crippen molar-refractivity contribution < 1.29 is 0 Å². The van der Waals surface area contributed by atoms with Crippen molar-refractivity contribution in [1.29, 1.82) is 0 Å². The van der Waals surface area contributed by atoms with Gasteiger partial charge in [0.15, 0.2) is 5.65 Å². The molecule has 3 rings (SSSR count). The molecule has 2 unspecified atom stereocenters. The lowest BCUT2D eigenvalue weighted by atomic mass is 10.1. The van der Waals surface area contributed by atoms with Gasteiger partial charge in [-0.05, 0) is 41.9 Å². The number of anilines is 1. The Bertz CT molecular complexity index is 567. The number of aromatic nitrogens is 3. The summed E-state index contributed by atoms with van der Waals surface area (Å²) in [6.45, 7) is 6.30. The molecule has 18 heavy (non-hydrogen) atoms. The number of pyridine rings is 1. The third-order valence-electron chi connectivity index (χ3n) is 3.30. The summed E-state index contributed by atoms with van der Waals surface area (Å²) in [5, 5.41) is 8.02. The predicted octanol–water partition coefficient (Wildman–Crippen LogP) is 1.68. The topological polar surface area (TPSA) is 45.5 Å². The highest BCUT2D eigenvalue weighted by atomic mass is 79.9. The molecule has 3 heterocycles. The van der Waals surface area contributed by atoms with E-state index < -0.39 is 0 Å². The minimum absolute atomic E-state index is 0.419. The lowest BCUT2D eigenvalue weighted by molar-refractivity contribution is 0.420. The summed E-state index contributed by atoms with van der Waals surface area (Å²) in [5.74, 6) is 0.814. The standard InChI is InChI=1S/C12H16BrN5/c1-8-6-17(9(2)5-14-8)12-15-11-4-3-10(13)7-18(11)16-12/h3-4,7-9,14H,5-6H2,1-2H3. The number of rotatable bonds is 1. The molecule has 0 spiro atoms. The number of halogens is 1. The van der Waals surface area contributed by atoms with Gasteiger partial charge in [0.25, 0.3) is 0 Å². The second kappa shape index (κ2) is 4.51. The van der Waals surface area contributed by atoms with E-state index in [2.05, 4.69) is 50.1 Å². The van der Waals surface area contributed by atoms with Crippen LogP contribution < -0.4 is 10.2 Å². The van der Waals surface area contributed by atoms with Crippen LogP contribution in [0.4, 0.5) is 5.95 Å². The van der Waals surface area contributed by atoms with E-state index in [9.17, 15) is 0 Å². The second-order valence-electron chi connectivity index (χ2n) is 4.87. The highest BCUT2D eigenvalue weighted by Gasteiger charge is 2.25. The largest absolute Gasteiger partial charge is 0.334 e. The van der Waals surface area contributed by atoms with Crippen LogP contribution in [0.25, 0.3) is 5.65 Å². The Balaban J connectivity index is 1.97. The van der Waals surface area contributed by atoms with Gasteiger partial charge in [0.05, 0.1) is 0 Å². The average Bonchev–Trinajstić information content (AvgIpc) is 2.74. The zero-order valence-corrected chi connectivity index (χ0v) is 12.1.